The molecule has 1 aliphatic carbocycles. The van der Waals surface area contributed by atoms with Crippen LogP contribution < -0.4 is 10.2 Å². The number of hydrogen-bond acceptors (Lipinski definition) is 2. The largest absolute Gasteiger partial charge is 0.395 e. The van der Waals surface area contributed by atoms with Crippen LogP contribution in [0.3, 0.4) is 0 Å². The van der Waals surface area contributed by atoms with Crippen LogP contribution in [0.2, 0.25) is 5.02 Å². The molecule has 3 nitrogen and oxygen atoms in total. The summed E-state index contributed by atoms with van der Waals surface area (Å²) in [5, 5.41) is 3.36. The Bertz CT molecular complexity index is 874. The second-order valence-electron chi connectivity index (χ2n) is 9.38. The first-order chi connectivity index (χ1) is 13.8. The van der Waals surface area contributed by atoms with E-state index in [1.54, 1.807) is 6.07 Å². The molecule has 1 heterocycles. The van der Waals surface area contributed by atoms with Crippen LogP contribution >= 0.6 is 11.6 Å². The van der Waals surface area contributed by atoms with E-state index in [9.17, 15) is 18.0 Å². The van der Waals surface area contributed by atoms with Crippen LogP contribution in [-0.2, 0) is 4.79 Å². The van der Waals surface area contributed by atoms with Crippen molar-refractivity contribution in [3.8, 4) is 0 Å². The minimum Gasteiger partial charge on any atom is -0.347 e. The molecule has 1 atom stereocenters. The van der Waals surface area contributed by atoms with Crippen molar-refractivity contribution in [2.75, 3.05) is 16.8 Å². The summed E-state index contributed by atoms with van der Waals surface area (Å²) in [4.78, 5) is 14.3. The topological polar surface area (TPSA) is 32.3 Å². The molecule has 0 spiro atoms. The molecule has 0 bridgehead atoms. The maximum atomic E-state index is 13.0. The highest BCUT2D eigenvalue weighted by atomic mass is 35.5. The van der Waals surface area contributed by atoms with Crippen molar-refractivity contribution in [3.05, 3.63) is 46.1 Å². The van der Waals surface area contributed by atoms with Crippen molar-refractivity contribution in [1.29, 1.82) is 0 Å². The summed E-state index contributed by atoms with van der Waals surface area (Å²) in [6.07, 6.45) is 0.610. The fourth-order valence-corrected chi connectivity index (χ4v) is 4.27. The minimum atomic E-state index is -4.17. The molecule has 1 aromatic rings. The molecule has 30 heavy (non-hydrogen) atoms. The molecule has 0 fully saturated rings. The van der Waals surface area contributed by atoms with Crippen molar-refractivity contribution >= 4 is 28.9 Å². The molecule has 1 aromatic carbocycles. The molecule has 3 rings (SSSR count). The number of nitrogens with one attached hydrogen (secondary N) is 1. The number of halogens is 4. The number of amides is 1. The predicted octanol–water partition coefficient (Wildman–Crippen LogP) is 7.02. The summed E-state index contributed by atoms with van der Waals surface area (Å²) in [6.45, 7) is 8.47. The summed E-state index contributed by atoms with van der Waals surface area (Å²) in [5.41, 5.74) is 3.95. The molecule has 1 unspecified atom stereocenters. The highest BCUT2D eigenvalue weighted by Gasteiger charge is 2.40. The Balaban J connectivity index is 1.79. The number of carbonyl (C=O) groups is 1. The lowest BCUT2D eigenvalue weighted by atomic mass is 9.83. The first-order valence-corrected chi connectivity index (χ1v) is 10.6. The lowest BCUT2D eigenvalue weighted by Gasteiger charge is -2.33. The lowest BCUT2D eigenvalue weighted by molar-refractivity contribution is -0.163. The van der Waals surface area contributed by atoms with E-state index in [0.29, 0.717) is 36.5 Å². The number of allylic oxidation sites excluding steroid dienone is 2. The van der Waals surface area contributed by atoms with Gasteiger partial charge in [0.1, 0.15) is 0 Å². The average molecular weight is 441 g/mol. The zero-order valence-electron chi connectivity index (χ0n) is 17.8. The number of aryl methyl sites for hydroxylation is 1. The number of alkyl halides is 3. The molecule has 0 saturated heterocycles. The Kier molecular flexibility index (Phi) is 6.28. The molecule has 0 aromatic heterocycles. The normalized spacial score (nSPS) is 19.7. The molecule has 7 heteroatoms. The van der Waals surface area contributed by atoms with Gasteiger partial charge in [-0.25, -0.2) is 0 Å². The highest BCUT2D eigenvalue weighted by molar-refractivity contribution is 6.34. The molecule has 0 radical (unpaired) electrons. The summed E-state index contributed by atoms with van der Waals surface area (Å²) in [5.74, 6) is -1.43. The van der Waals surface area contributed by atoms with Crippen LogP contribution in [-0.4, -0.2) is 18.6 Å². The van der Waals surface area contributed by atoms with Gasteiger partial charge in [-0.2, -0.15) is 13.2 Å². The van der Waals surface area contributed by atoms with E-state index in [-0.39, 0.29) is 17.7 Å². The van der Waals surface area contributed by atoms with Gasteiger partial charge in [0.2, 0.25) is 5.91 Å². The number of nitrogens with zero attached hydrogens (tertiary/aromatic N) is 1. The van der Waals surface area contributed by atoms with Gasteiger partial charge >= 0.3 is 6.18 Å². The van der Waals surface area contributed by atoms with E-state index in [2.05, 4.69) is 5.32 Å². The van der Waals surface area contributed by atoms with Gasteiger partial charge in [-0.3, -0.25) is 4.79 Å². The second kappa shape index (κ2) is 8.29. The minimum absolute atomic E-state index is 0.0865. The van der Waals surface area contributed by atoms with E-state index in [1.807, 2.05) is 44.9 Å². The SMILES string of the molecule is Cc1cc(N2C=C3CCC(C(F)(F)F)C=C3CC2)cc(Cl)c1NC(=O)CC(C)(C)C. The summed E-state index contributed by atoms with van der Waals surface area (Å²) in [6, 6.07) is 3.75. The van der Waals surface area contributed by atoms with Gasteiger partial charge in [-0.1, -0.05) is 38.4 Å². The molecular weight excluding hydrogens is 413 g/mol. The van der Waals surface area contributed by atoms with E-state index >= 15 is 0 Å². The van der Waals surface area contributed by atoms with Gasteiger partial charge in [-0.15, -0.1) is 0 Å². The molecule has 1 amide bonds. The van der Waals surface area contributed by atoms with Gasteiger partial charge in [-0.05, 0) is 60.4 Å². The van der Waals surface area contributed by atoms with E-state index in [1.165, 1.54) is 6.08 Å². The molecule has 2 aliphatic rings. The van der Waals surface area contributed by atoms with Crippen LogP contribution in [0, 0.1) is 18.3 Å². The van der Waals surface area contributed by atoms with E-state index < -0.39 is 12.1 Å². The smallest absolute Gasteiger partial charge is 0.347 e. The zero-order valence-corrected chi connectivity index (χ0v) is 18.5. The maximum Gasteiger partial charge on any atom is 0.395 e. The monoisotopic (exact) mass is 440 g/mol. The van der Waals surface area contributed by atoms with Crippen LogP contribution in [0.4, 0.5) is 24.5 Å². The Morgan fingerprint density at radius 2 is 1.90 bits per heavy atom. The zero-order chi connectivity index (χ0) is 22.3. The quantitative estimate of drug-likeness (QED) is 0.547. The number of anilines is 2. The highest BCUT2D eigenvalue weighted by Crippen LogP contribution is 2.41. The third-order valence-corrected chi connectivity index (χ3v) is 5.75. The first kappa shape index (κ1) is 22.7. The molecule has 164 valence electrons. The molecule has 0 saturated carbocycles. The van der Waals surface area contributed by atoms with Crippen molar-refractivity contribution in [2.45, 2.75) is 59.6 Å². The first-order valence-electron chi connectivity index (χ1n) is 10.2. The number of hydrogen-bond donors (Lipinski definition) is 1. The van der Waals surface area contributed by atoms with Crippen molar-refractivity contribution < 1.29 is 18.0 Å². The Morgan fingerprint density at radius 3 is 2.50 bits per heavy atom. The predicted molar refractivity (Wildman–Crippen MR) is 116 cm³/mol. The van der Waals surface area contributed by atoms with Gasteiger partial charge in [0.25, 0.3) is 0 Å². The molecule has 1 N–H and O–H groups in total. The van der Waals surface area contributed by atoms with Crippen molar-refractivity contribution in [2.24, 2.45) is 11.3 Å². The van der Waals surface area contributed by atoms with Crippen molar-refractivity contribution in [1.82, 2.24) is 0 Å². The number of fused-ring (bicyclic) bond motifs is 1. The van der Waals surface area contributed by atoms with Crippen LogP contribution in [0.5, 0.6) is 0 Å². The summed E-state index contributed by atoms with van der Waals surface area (Å²) >= 11 is 6.48. The number of benzene rings is 1. The van der Waals surface area contributed by atoms with Crippen LogP contribution in [0.15, 0.2) is 35.6 Å². The Morgan fingerprint density at radius 1 is 1.20 bits per heavy atom. The van der Waals surface area contributed by atoms with E-state index in [4.69, 9.17) is 11.6 Å². The summed E-state index contributed by atoms with van der Waals surface area (Å²) < 4.78 is 39.1. The number of rotatable bonds is 3. The lowest BCUT2D eigenvalue weighted by Crippen LogP contribution is -2.29. The Hall–Kier alpha value is -1.95. The fraction of sp³-hybridized carbons (Fsp3) is 0.522. The van der Waals surface area contributed by atoms with Gasteiger partial charge < -0.3 is 10.2 Å². The van der Waals surface area contributed by atoms with Crippen LogP contribution in [0.1, 0.15) is 52.0 Å². The maximum absolute atomic E-state index is 13.0. The third-order valence-electron chi connectivity index (χ3n) is 5.45. The number of carbonyl (C=O) groups excluding carboxylic acids is 1. The van der Waals surface area contributed by atoms with E-state index in [0.717, 1.165) is 22.4 Å². The average Bonchev–Trinajstić information content (AvgIpc) is 2.61. The van der Waals surface area contributed by atoms with Crippen LogP contribution in [0.25, 0.3) is 0 Å². The Labute approximate surface area is 181 Å². The molecular formula is C23H28ClF3N2O. The summed E-state index contributed by atoms with van der Waals surface area (Å²) in [7, 11) is 0. The standard InChI is InChI=1S/C23H28ClF3N2O/c1-14-9-18(11-19(24)21(14)28-20(30)12-22(2,3)4)29-8-7-15-10-17(23(25,26)27)6-5-16(15)13-29/h9-11,13,17H,5-8,12H2,1-4H3,(H,28,30). The van der Waals surface area contributed by atoms with Gasteiger partial charge in [0.05, 0.1) is 16.6 Å². The molecule has 1 aliphatic heterocycles. The van der Waals surface area contributed by atoms with Gasteiger partial charge in [0, 0.05) is 24.9 Å². The third kappa shape index (κ3) is 5.39. The van der Waals surface area contributed by atoms with Gasteiger partial charge in [0.15, 0.2) is 0 Å². The fourth-order valence-electron chi connectivity index (χ4n) is 3.97. The van der Waals surface area contributed by atoms with Crippen molar-refractivity contribution in [3.63, 3.8) is 0 Å². The second-order valence-corrected chi connectivity index (χ2v) is 9.79.